The number of nitrogens with one attached hydrogen (secondary N) is 2. The van der Waals surface area contributed by atoms with Crippen molar-refractivity contribution in [1.29, 1.82) is 0 Å². The fourth-order valence-corrected chi connectivity index (χ4v) is 3.20. The van der Waals surface area contributed by atoms with Gasteiger partial charge < -0.3 is 20.1 Å². The Morgan fingerprint density at radius 1 is 1.36 bits per heavy atom. The maximum Gasteiger partial charge on any atom is 0.310 e. The van der Waals surface area contributed by atoms with E-state index in [1.807, 2.05) is 0 Å². The third kappa shape index (κ3) is 4.31. The summed E-state index contributed by atoms with van der Waals surface area (Å²) in [6, 6.07) is 1.52. The van der Waals surface area contributed by atoms with Crippen molar-refractivity contribution in [3.8, 4) is 0 Å². The topological polar surface area (TPSA) is 98.6 Å². The molecule has 2 aliphatic rings. The van der Waals surface area contributed by atoms with Gasteiger partial charge in [-0.3, -0.25) is 10.1 Å². The second-order valence-corrected chi connectivity index (χ2v) is 6.14. The summed E-state index contributed by atoms with van der Waals surface area (Å²) in [5, 5.41) is 16.6. The Morgan fingerprint density at radius 3 is 2.64 bits per heavy atom. The van der Waals surface area contributed by atoms with Gasteiger partial charge in [-0.1, -0.05) is 0 Å². The standard InChI is InChI=1S/C15H20F2N4O4/c16-13(17)9-18-11-7-14(19-8-12(11)21(22)23)20-10-1-3-15(4-2-10)24-5-6-25-15/h7-8,10,13H,1-6,9H2,(H2,18,19,20). The van der Waals surface area contributed by atoms with E-state index in [-0.39, 0.29) is 17.4 Å². The highest BCUT2D eigenvalue weighted by Crippen LogP contribution is 2.37. The molecule has 3 rings (SSSR count). The van der Waals surface area contributed by atoms with Gasteiger partial charge >= 0.3 is 5.69 Å². The van der Waals surface area contributed by atoms with Gasteiger partial charge in [-0.2, -0.15) is 0 Å². The number of alkyl halides is 2. The molecule has 0 atom stereocenters. The molecule has 10 heteroatoms. The number of pyridine rings is 1. The largest absolute Gasteiger partial charge is 0.374 e. The van der Waals surface area contributed by atoms with Crippen LogP contribution in [0.15, 0.2) is 12.3 Å². The molecule has 1 saturated heterocycles. The highest BCUT2D eigenvalue weighted by molar-refractivity contribution is 5.65. The predicted molar refractivity (Wildman–Crippen MR) is 85.9 cm³/mol. The van der Waals surface area contributed by atoms with Gasteiger partial charge in [0.05, 0.1) is 24.7 Å². The van der Waals surface area contributed by atoms with Gasteiger partial charge in [0.25, 0.3) is 6.43 Å². The van der Waals surface area contributed by atoms with Crippen molar-refractivity contribution in [3.05, 3.63) is 22.4 Å². The molecule has 1 aliphatic heterocycles. The second-order valence-electron chi connectivity index (χ2n) is 6.14. The third-order valence-corrected chi connectivity index (χ3v) is 4.44. The van der Waals surface area contributed by atoms with Crippen LogP contribution < -0.4 is 10.6 Å². The van der Waals surface area contributed by atoms with Crippen LogP contribution in [-0.4, -0.2) is 47.9 Å². The normalized spacial score (nSPS) is 20.1. The first-order chi connectivity index (χ1) is 12.0. The highest BCUT2D eigenvalue weighted by atomic mass is 19.3. The fraction of sp³-hybridized carbons (Fsp3) is 0.667. The van der Waals surface area contributed by atoms with Crippen molar-refractivity contribution >= 4 is 17.2 Å². The zero-order valence-electron chi connectivity index (χ0n) is 13.5. The first-order valence-corrected chi connectivity index (χ1v) is 8.18. The molecule has 1 aromatic heterocycles. The van der Waals surface area contributed by atoms with Crippen LogP contribution in [-0.2, 0) is 9.47 Å². The average Bonchev–Trinajstić information content (AvgIpc) is 3.03. The molecule has 0 aromatic carbocycles. The van der Waals surface area contributed by atoms with E-state index < -0.39 is 23.7 Å². The SMILES string of the molecule is O=[N+]([O-])c1cnc(NC2CCC3(CC2)OCCO3)cc1NCC(F)F. The van der Waals surface area contributed by atoms with Crippen molar-refractivity contribution in [2.45, 2.75) is 43.9 Å². The predicted octanol–water partition coefficient (Wildman–Crippen LogP) is 2.76. The molecule has 0 radical (unpaired) electrons. The van der Waals surface area contributed by atoms with Crippen molar-refractivity contribution in [1.82, 2.24) is 4.98 Å². The number of nitrogens with zero attached hydrogens (tertiary/aromatic N) is 2. The van der Waals surface area contributed by atoms with E-state index in [9.17, 15) is 18.9 Å². The minimum absolute atomic E-state index is 0.0255. The molecular weight excluding hydrogens is 338 g/mol. The van der Waals surface area contributed by atoms with Gasteiger partial charge in [0, 0.05) is 24.9 Å². The quantitative estimate of drug-likeness (QED) is 0.596. The molecule has 1 aliphatic carbocycles. The van der Waals surface area contributed by atoms with Gasteiger partial charge in [-0.25, -0.2) is 13.8 Å². The fourth-order valence-electron chi connectivity index (χ4n) is 3.20. The van der Waals surface area contributed by atoms with Crippen LogP contribution in [0.25, 0.3) is 0 Å². The number of aromatic nitrogens is 1. The van der Waals surface area contributed by atoms with Crippen molar-refractivity contribution in [3.63, 3.8) is 0 Å². The van der Waals surface area contributed by atoms with E-state index in [1.54, 1.807) is 0 Å². The molecule has 25 heavy (non-hydrogen) atoms. The maximum atomic E-state index is 12.4. The lowest BCUT2D eigenvalue weighted by Gasteiger charge is -2.35. The lowest BCUT2D eigenvalue weighted by molar-refractivity contribution is -0.384. The van der Waals surface area contributed by atoms with E-state index >= 15 is 0 Å². The van der Waals surface area contributed by atoms with Gasteiger partial charge in [-0.15, -0.1) is 0 Å². The van der Waals surface area contributed by atoms with Crippen LogP contribution in [0.5, 0.6) is 0 Å². The zero-order valence-corrected chi connectivity index (χ0v) is 13.5. The van der Waals surface area contributed by atoms with Gasteiger partial charge in [0.2, 0.25) is 0 Å². The Labute approximate surface area is 143 Å². The van der Waals surface area contributed by atoms with E-state index in [0.29, 0.717) is 19.0 Å². The summed E-state index contributed by atoms with van der Waals surface area (Å²) in [5.74, 6) is -0.0537. The molecule has 2 heterocycles. The Hall–Kier alpha value is -2.07. The van der Waals surface area contributed by atoms with Crippen LogP contribution in [0.1, 0.15) is 25.7 Å². The van der Waals surface area contributed by atoms with Gasteiger partial charge in [-0.05, 0) is 12.8 Å². The van der Waals surface area contributed by atoms with E-state index in [2.05, 4.69) is 15.6 Å². The number of hydrogen-bond acceptors (Lipinski definition) is 7. The van der Waals surface area contributed by atoms with Gasteiger partial charge in [0.15, 0.2) is 5.79 Å². The number of hydrogen-bond donors (Lipinski definition) is 2. The summed E-state index contributed by atoms with van der Waals surface area (Å²) in [5.41, 5.74) is -0.306. The number of ether oxygens (including phenoxy) is 2. The summed E-state index contributed by atoms with van der Waals surface area (Å²) in [6.45, 7) is 0.563. The first-order valence-electron chi connectivity index (χ1n) is 8.18. The summed E-state index contributed by atoms with van der Waals surface area (Å²) < 4.78 is 36.1. The summed E-state index contributed by atoms with van der Waals surface area (Å²) in [7, 11) is 0. The maximum absolute atomic E-state index is 12.4. The molecule has 8 nitrogen and oxygen atoms in total. The Kier molecular flexibility index (Phi) is 5.28. The molecule has 1 saturated carbocycles. The van der Waals surface area contributed by atoms with Crippen molar-refractivity contribution in [2.75, 3.05) is 30.4 Å². The number of nitro groups is 1. The first kappa shape index (κ1) is 17.7. The Morgan fingerprint density at radius 2 is 2.04 bits per heavy atom. The Balaban J connectivity index is 1.64. The summed E-state index contributed by atoms with van der Waals surface area (Å²) in [4.78, 5) is 14.4. The third-order valence-electron chi connectivity index (χ3n) is 4.44. The van der Waals surface area contributed by atoms with Crippen LogP contribution in [0.4, 0.5) is 26.0 Å². The molecule has 0 amide bonds. The molecule has 0 unspecified atom stereocenters. The average molecular weight is 358 g/mol. The molecule has 138 valence electrons. The molecule has 0 bridgehead atoms. The molecule has 2 N–H and O–H groups in total. The minimum atomic E-state index is -2.61. The molecule has 2 fully saturated rings. The lowest BCUT2D eigenvalue weighted by Crippen LogP contribution is -2.39. The highest BCUT2D eigenvalue weighted by Gasteiger charge is 2.40. The van der Waals surface area contributed by atoms with Crippen LogP contribution in [0, 0.1) is 10.1 Å². The van der Waals surface area contributed by atoms with Crippen LogP contribution >= 0.6 is 0 Å². The zero-order chi connectivity index (χ0) is 17.9. The monoisotopic (exact) mass is 358 g/mol. The van der Waals surface area contributed by atoms with Gasteiger partial charge in [0.1, 0.15) is 17.7 Å². The van der Waals surface area contributed by atoms with E-state index in [4.69, 9.17) is 9.47 Å². The number of anilines is 2. The molecule has 1 aromatic rings. The Bertz CT molecular complexity index is 616. The molecule has 1 spiro atoms. The van der Waals surface area contributed by atoms with Crippen molar-refractivity contribution in [2.24, 2.45) is 0 Å². The lowest BCUT2D eigenvalue weighted by atomic mass is 9.90. The summed E-state index contributed by atoms with van der Waals surface area (Å²) in [6.07, 6.45) is 1.59. The second kappa shape index (κ2) is 7.44. The van der Waals surface area contributed by atoms with E-state index in [1.165, 1.54) is 6.07 Å². The number of halogens is 2. The smallest absolute Gasteiger partial charge is 0.310 e. The van der Waals surface area contributed by atoms with Crippen LogP contribution in [0.2, 0.25) is 0 Å². The van der Waals surface area contributed by atoms with Crippen LogP contribution in [0.3, 0.4) is 0 Å². The number of rotatable bonds is 6. The minimum Gasteiger partial charge on any atom is -0.374 e. The van der Waals surface area contributed by atoms with E-state index in [0.717, 1.165) is 31.9 Å². The van der Waals surface area contributed by atoms with Crippen molar-refractivity contribution < 1.29 is 23.2 Å². The summed E-state index contributed by atoms with van der Waals surface area (Å²) >= 11 is 0. The molecular formula is C15H20F2N4O4.